The Balaban J connectivity index is 1.94. The molecule has 0 aliphatic heterocycles. The number of benzene rings is 1. The van der Waals surface area contributed by atoms with Gasteiger partial charge in [0.2, 0.25) is 5.91 Å². The molecule has 1 aliphatic rings. The summed E-state index contributed by atoms with van der Waals surface area (Å²) >= 11 is 0. The number of oxime groups is 1. The first-order chi connectivity index (χ1) is 10.6. The lowest BCUT2D eigenvalue weighted by atomic mass is 10.2. The number of amidine groups is 1. The summed E-state index contributed by atoms with van der Waals surface area (Å²) in [6.45, 7) is 2.48. The van der Waals surface area contributed by atoms with Crippen molar-refractivity contribution in [2.75, 3.05) is 11.9 Å². The Morgan fingerprint density at radius 1 is 1.27 bits per heavy atom. The van der Waals surface area contributed by atoms with E-state index in [4.69, 9.17) is 5.21 Å². The molecule has 1 fully saturated rings. The molecule has 22 heavy (non-hydrogen) atoms. The lowest BCUT2D eigenvalue weighted by Crippen LogP contribution is -2.40. The molecule has 0 heterocycles. The highest BCUT2D eigenvalue weighted by atomic mass is 16.4. The summed E-state index contributed by atoms with van der Waals surface area (Å²) in [6.07, 6.45) is 2.71. The van der Waals surface area contributed by atoms with Crippen LogP contribution in [0.1, 0.15) is 31.7 Å². The van der Waals surface area contributed by atoms with E-state index in [9.17, 15) is 9.59 Å². The van der Waals surface area contributed by atoms with Gasteiger partial charge in [-0.25, -0.2) is 4.79 Å². The number of urea groups is 1. The molecule has 0 atom stereocenters. The molecule has 0 saturated heterocycles. The zero-order valence-corrected chi connectivity index (χ0v) is 12.4. The predicted octanol–water partition coefficient (Wildman–Crippen LogP) is 1.88. The minimum Gasteiger partial charge on any atom is -0.409 e. The van der Waals surface area contributed by atoms with Crippen molar-refractivity contribution in [1.29, 1.82) is 0 Å². The van der Waals surface area contributed by atoms with Crippen LogP contribution >= 0.6 is 0 Å². The molecule has 1 aromatic carbocycles. The smallest absolute Gasteiger partial charge is 0.320 e. The first-order valence-corrected chi connectivity index (χ1v) is 7.32. The van der Waals surface area contributed by atoms with Gasteiger partial charge in [0, 0.05) is 23.7 Å². The van der Waals surface area contributed by atoms with E-state index in [2.05, 4.69) is 21.1 Å². The largest absolute Gasteiger partial charge is 0.409 e. The maximum atomic E-state index is 11.7. The number of amides is 3. The summed E-state index contributed by atoms with van der Waals surface area (Å²) < 4.78 is 0. The Morgan fingerprint density at radius 3 is 2.50 bits per heavy atom. The second kappa shape index (κ2) is 7.44. The van der Waals surface area contributed by atoms with Crippen LogP contribution in [-0.4, -0.2) is 29.5 Å². The average molecular weight is 304 g/mol. The topological polar surface area (TPSA) is 103 Å². The van der Waals surface area contributed by atoms with E-state index in [0.29, 0.717) is 17.8 Å². The Hall–Kier alpha value is -2.57. The average Bonchev–Trinajstić information content (AvgIpc) is 3.36. The molecule has 1 saturated carbocycles. The van der Waals surface area contributed by atoms with Gasteiger partial charge in [-0.1, -0.05) is 12.1 Å². The zero-order chi connectivity index (χ0) is 15.9. The van der Waals surface area contributed by atoms with Crippen LogP contribution in [-0.2, 0) is 4.79 Å². The minimum atomic E-state index is -0.430. The second-order valence-electron chi connectivity index (χ2n) is 5.17. The molecule has 0 unspecified atom stereocenters. The summed E-state index contributed by atoms with van der Waals surface area (Å²) in [6, 6.07) is 6.30. The van der Waals surface area contributed by atoms with E-state index in [0.717, 1.165) is 19.3 Å². The zero-order valence-electron chi connectivity index (χ0n) is 12.4. The maximum absolute atomic E-state index is 11.7. The van der Waals surface area contributed by atoms with Crippen molar-refractivity contribution in [1.82, 2.24) is 10.6 Å². The first-order valence-electron chi connectivity index (χ1n) is 7.32. The van der Waals surface area contributed by atoms with Gasteiger partial charge in [0.1, 0.15) is 0 Å². The maximum Gasteiger partial charge on any atom is 0.320 e. The molecule has 0 spiro atoms. The van der Waals surface area contributed by atoms with Crippen LogP contribution < -0.4 is 16.0 Å². The number of carbonyl (C=O) groups is 2. The highest BCUT2D eigenvalue weighted by Crippen LogP contribution is 2.30. The fraction of sp³-hybridized carbons (Fsp3) is 0.400. The Morgan fingerprint density at radius 2 is 1.95 bits per heavy atom. The van der Waals surface area contributed by atoms with Gasteiger partial charge >= 0.3 is 6.03 Å². The van der Waals surface area contributed by atoms with Crippen LogP contribution in [0.2, 0.25) is 0 Å². The standard InChI is InChI=1S/C15H20N4O3/c1-2-9-16-15(21)18-13(19-22)10-5-7-12(8-6-10)17-14(20)11-3-4-11/h5-8,11,22H,2-4,9H2,1H3,(H,17,20)(H2,16,18,19,21). The Bertz CT molecular complexity index is 565. The Labute approximate surface area is 128 Å². The molecule has 7 heteroatoms. The molecule has 3 amide bonds. The minimum absolute atomic E-state index is 0.0286. The van der Waals surface area contributed by atoms with Crippen molar-refractivity contribution < 1.29 is 14.8 Å². The lowest BCUT2D eigenvalue weighted by molar-refractivity contribution is -0.117. The van der Waals surface area contributed by atoms with E-state index in [-0.39, 0.29) is 17.7 Å². The van der Waals surface area contributed by atoms with Gasteiger partial charge in [0.25, 0.3) is 0 Å². The van der Waals surface area contributed by atoms with Crippen molar-refractivity contribution in [2.24, 2.45) is 11.1 Å². The van der Waals surface area contributed by atoms with E-state index in [1.165, 1.54) is 0 Å². The summed E-state index contributed by atoms with van der Waals surface area (Å²) in [4.78, 5) is 23.2. The molecule has 1 aliphatic carbocycles. The highest BCUT2D eigenvalue weighted by Gasteiger charge is 2.29. The summed E-state index contributed by atoms with van der Waals surface area (Å²) in [7, 11) is 0. The number of anilines is 1. The number of rotatable bonds is 5. The third-order valence-electron chi connectivity index (χ3n) is 3.24. The third kappa shape index (κ3) is 4.47. The highest BCUT2D eigenvalue weighted by molar-refractivity contribution is 6.07. The number of nitrogens with zero attached hydrogens (tertiary/aromatic N) is 1. The number of nitrogens with one attached hydrogen (secondary N) is 3. The normalized spacial score (nSPS) is 14.3. The van der Waals surface area contributed by atoms with Crippen molar-refractivity contribution in [3.05, 3.63) is 29.8 Å². The van der Waals surface area contributed by atoms with Crippen LogP contribution in [0.4, 0.5) is 10.5 Å². The van der Waals surface area contributed by atoms with E-state index in [1.807, 2.05) is 6.92 Å². The molecule has 0 aromatic heterocycles. The SMILES string of the molecule is CCCNC(=O)NC(=NO)c1ccc(NC(=O)C2CC2)cc1. The van der Waals surface area contributed by atoms with Gasteiger partial charge in [0.05, 0.1) is 0 Å². The summed E-state index contributed by atoms with van der Waals surface area (Å²) in [5, 5.41) is 20.0. The van der Waals surface area contributed by atoms with E-state index < -0.39 is 6.03 Å². The van der Waals surface area contributed by atoms with Crippen LogP contribution in [0.25, 0.3) is 0 Å². The number of hydrogen-bond donors (Lipinski definition) is 4. The Kier molecular flexibility index (Phi) is 5.35. The van der Waals surface area contributed by atoms with Crippen molar-refractivity contribution >= 4 is 23.5 Å². The fourth-order valence-corrected chi connectivity index (χ4v) is 1.85. The molecule has 0 radical (unpaired) electrons. The van der Waals surface area contributed by atoms with Gasteiger partial charge in [-0.15, -0.1) is 0 Å². The van der Waals surface area contributed by atoms with Crippen molar-refractivity contribution in [3.8, 4) is 0 Å². The second-order valence-corrected chi connectivity index (χ2v) is 5.17. The van der Waals surface area contributed by atoms with Crippen LogP contribution in [0.15, 0.2) is 29.4 Å². The van der Waals surface area contributed by atoms with Gasteiger partial charge in [-0.3, -0.25) is 10.1 Å². The monoisotopic (exact) mass is 304 g/mol. The van der Waals surface area contributed by atoms with Crippen molar-refractivity contribution in [3.63, 3.8) is 0 Å². The molecular formula is C15H20N4O3. The fourth-order valence-electron chi connectivity index (χ4n) is 1.85. The van der Waals surface area contributed by atoms with E-state index >= 15 is 0 Å². The molecule has 118 valence electrons. The van der Waals surface area contributed by atoms with Gasteiger partial charge < -0.3 is 15.8 Å². The van der Waals surface area contributed by atoms with Crippen LogP contribution in [0, 0.1) is 5.92 Å². The summed E-state index contributed by atoms with van der Waals surface area (Å²) in [5.74, 6) is 0.215. The first kappa shape index (κ1) is 15.8. The predicted molar refractivity (Wildman–Crippen MR) is 82.9 cm³/mol. The molecule has 7 nitrogen and oxygen atoms in total. The molecule has 1 aromatic rings. The van der Waals surface area contributed by atoms with Gasteiger partial charge in [-0.05, 0) is 43.5 Å². The molecule has 4 N–H and O–H groups in total. The lowest BCUT2D eigenvalue weighted by Gasteiger charge is -2.09. The van der Waals surface area contributed by atoms with Crippen LogP contribution in [0.5, 0.6) is 0 Å². The third-order valence-corrected chi connectivity index (χ3v) is 3.24. The van der Waals surface area contributed by atoms with Gasteiger partial charge in [0.15, 0.2) is 5.84 Å². The molecule has 0 bridgehead atoms. The van der Waals surface area contributed by atoms with Crippen LogP contribution in [0.3, 0.4) is 0 Å². The van der Waals surface area contributed by atoms with Crippen molar-refractivity contribution in [2.45, 2.75) is 26.2 Å². The van der Waals surface area contributed by atoms with E-state index in [1.54, 1.807) is 24.3 Å². The summed E-state index contributed by atoms with van der Waals surface area (Å²) in [5.41, 5.74) is 1.21. The number of carbonyl (C=O) groups excluding carboxylic acids is 2. The quantitative estimate of drug-likeness (QED) is 0.289. The number of hydrogen-bond acceptors (Lipinski definition) is 4. The van der Waals surface area contributed by atoms with Gasteiger partial charge in [-0.2, -0.15) is 0 Å². The molecule has 2 rings (SSSR count). The molecular weight excluding hydrogens is 284 g/mol.